The number of carboxylic acids is 1. The fourth-order valence-corrected chi connectivity index (χ4v) is 1.75. The summed E-state index contributed by atoms with van der Waals surface area (Å²) in [6.45, 7) is -0.179. The molecule has 1 rings (SSSR count). The van der Waals surface area contributed by atoms with E-state index in [1.807, 2.05) is 0 Å². The van der Waals surface area contributed by atoms with Gasteiger partial charge in [0.15, 0.2) is 0 Å². The van der Waals surface area contributed by atoms with Gasteiger partial charge < -0.3 is 10.4 Å². The molecule has 0 spiro atoms. The Morgan fingerprint density at radius 3 is 2.76 bits per heavy atom. The molecule has 5 nitrogen and oxygen atoms in total. The van der Waals surface area contributed by atoms with Crippen molar-refractivity contribution in [1.82, 2.24) is 10.3 Å². The predicted molar refractivity (Wildman–Crippen MR) is 71.8 cm³/mol. The summed E-state index contributed by atoms with van der Waals surface area (Å²) in [5.74, 6) is -2.17. The zero-order chi connectivity index (χ0) is 15.9. The topological polar surface area (TPSA) is 79.3 Å². The van der Waals surface area contributed by atoms with Crippen molar-refractivity contribution in [1.29, 1.82) is 0 Å². The van der Waals surface area contributed by atoms with Crippen LogP contribution in [0.25, 0.3) is 6.08 Å². The molecule has 0 saturated heterocycles. The highest BCUT2D eigenvalue weighted by Crippen LogP contribution is 2.29. The molecule has 0 atom stereocenters. The lowest BCUT2D eigenvalue weighted by molar-refractivity contribution is -0.131. The zero-order valence-electron chi connectivity index (χ0n) is 10.6. The summed E-state index contributed by atoms with van der Waals surface area (Å²) in [6.07, 6.45) is 3.36. The summed E-state index contributed by atoms with van der Waals surface area (Å²) in [6, 6.07) is 2.99. The molecular formula is C12H11F3N2O3S. The summed E-state index contributed by atoms with van der Waals surface area (Å²) in [4.78, 5) is 26.0. The van der Waals surface area contributed by atoms with Gasteiger partial charge in [0.25, 0.3) is 5.91 Å². The number of halogens is 3. The first-order chi connectivity index (χ1) is 9.79. The highest BCUT2D eigenvalue weighted by atomic mass is 32.2. The number of alkyl halides is 3. The number of nitrogens with one attached hydrogen (secondary N) is 1. The molecule has 1 aromatic rings. The van der Waals surface area contributed by atoms with Crippen molar-refractivity contribution in [2.24, 2.45) is 0 Å². The van der Waals surface area contributed by atoms with Crippen LogP contribution < -0.4 is 5.32 Å². The molecule has 0 aromatic carbocycles. The van der Waals surface area contributed by atoms with E-state index in [4.69, 9.17) is 5.11 Å². The average Bonchev–Trinajstić information content (AvgIpc) is 2.40. The Labute approximate surface area is 122 Å². The maximum absolute atomic E-state index is 11.9. The van der Waals surface area contributed by atoms with Gasteiger partial charge in [-0.2, -0.15) is 13.2 Å². The van der Waals surface area contributed by atoms with Crippen molar-refractivity contribution in [2.75, 3.05) is 12.3 Å². The minimum absolute atomic E-state index is 0.0491. The van der Waals surface area contributed by atoms with Crippen molar-refractivity contribution in [2.45, 2.75) is 5.51 Å². The maximum Gasteiger partial charge on any atom is 0.441 e. The first-order valence-corrected chi connectivity index (χ1v) is 6.63. The van der Waals surface area contributed by atoms with Crippen molar-refractivity contribution in [3.63, 3.8) is 0 Å². The number of nitrogens with zero attached hydrogens (tertiary/aromatic N) is 1. The Morgan fingerprint density at radius 1 is 1.43 bits per heavy atom. The van der Waals surface area contributed by atoms with Crippen LogP contribution in [0.5, 0.6) is 0 Å². The van der Waals surface area contributed by atoms with E-state index in [1.54, 1.807) is 0 Å². The van der Waals surface area contributed by atoms with Gasteiger partial charge in [-0.05, 0) is 23.9 Å². The number of aliphatic carboxylic acids is 1. The van der Waals surface area contributed by atoms with Crippen LogP contribution in [0.1, 0.15) is 16.1 Å². The highest BCUT2D eigenvalue weighted by molar-refractivity contribution is 8.00. The van der Waals surface area contributed by atoms with Crippen LogP contribution in [0.3, 0.4) is 0 Å². The number of carbonyl (C=O) groups is 2. The summed E-state index contributed by atoms with van der Waals surface area (Å²) in [5.41, 5.74) is -4.13. The largest absolute Gasteiger partial charge is 0.478 e. The molecule has 0 aliphatic heterocycles. The van der Waals surface area contributed by atoms with Crippen molar-refractivity contribution in [3.8, 4) is 0 Å². The van der Waals surface area contributed by atoms with E-state index >= 15 is 0 Å². The van der Waals surface area contributed by atoms with E-state index in [9.17, 15) is 22.8 Å². The second-order valence-corrected chi connectivity index (χ2v) is 4.82. The Balaban J connectivity index is 2.64. The first kappa shape index (κ1) is 17.0. The normalized spacial score (nSPS) is 11.6. The van der Waals surface area contributed by atoms with Crippen LogP contribution in [0.15, 0.2) is 24.4 Å². The molecule has 21 heavy (non-hydrogen) atoms. The van der Waals surface area contributed by atoms with Gasteiger partial charge in [-0.25, -0.2) is 4.79 Å². The van der Waals surface area contributed by atoms with Crippen molar-refractivity contribution < 1.29 is 27.9 Å². The second-order valence-electron chi connectivity index (χ2n) is 3.66. The Bertz CT molecular complexity index is 547. The number of hydrogen-bond acceptors (Lipinski definition) is 4. The molecule has 0 unspecified atom stereocenters. The van der Waals surface area contributed by atoms with Gasteiger partial charge in [0.1, 0.15) is 5.69 Å². The van der Waals surface area contributed by atoms with E-state index in [0.29, 0.717) is 0 Å². The number of rotatable bonds is 6. The lowest BCUT2D eigenvalue weighted by Gasteiger charge is -2.08. The molecule has 1 amide bonds. The molecule has 114 valence electrons. The van der Waals surface area contributed by atoms with Crippen LogP contribution >= 0.6 is 11.8 Å². The molecule has 9 heteroatoms. The van der Waals surface area contributed by atoms with Crippen molar-refractivity contribution in [3.05, 3.63) is 35.7 Å². The van der Waals surface area contributed by atoms with Gasteiger partial charge in [0, 0.05) is 30.1 Å². The summed E-state index contributed by atoms with van der Waals surface area (Å²) < 4.78 is 35.7. The number of hydrogen-bond donors (Lipinski definition) is 2. The highest BCUT2D eigenvalue weighted by Gasteiger charge is 2.27. The summed E-state index contributed by atoms with van der Waals surface area (Å²) in [5, 5.41) is 10.8. The summed E-state index contributed by atoms with van der Waals surface area (Å²) >= 11 is -0.238. The number of aromatic nitrogens is 1. The van der Waals surface area contributed by atoms with Gasteiger partial charge >= 0.3 is 11.5 Å². The van der Waals surface area contributed by atoms with Gasteiger partial charge in [0.2, 0.25) is 0 Å². The smallest absolute Gasteiger partial charge is 0.441 e. The van der Waals surface area contributed by atoms with E-state index < -0.39 is 17.4 Å². The predicted octanol–water partition coefficient (Wildman–Crippen LogP) is 2.16. The minimum atomic E-state index is -4.34. The molecular weight excluding hydrogens is 309 g/mol. The quantitative estimate of drug-likeness (QED) is 0.620. The molecule has 0 fully saturated rings. The summed E-state index contributed by atoms with van der Waals surface area (Å²) in [7, 11) is 0. The fourth-order valence-electron chi connectivity index (χ4n) is 1.32. The number of thioether (sulfide) groups is 1. The number of pyridine rings is 1. The maximum atomic E-state index is 11.9. The number of carbonyl (C=O) groups excluding carboxylic acids is 1. The lowest BCUT2D eigenvalue weighted by Crippen LogP contribution is -2.28. The average molecular weight is 320 g/mol. The molecule has 0 radical (unpaired) electrons. The lowest BCUT2D eigenvalue weighted by atomic mass is 10.1. The zero-order valence-corrected chi connectivity index (χ0v) is 11.4. The second kappa shape index (κ2) is 7.67. The van der Waals surface area contributed by atoms with Crippen LogP contribution in [0.2, 0.25) is 0 Å². The van der Waals surface area contributed by atoms with Gasteiger partial charge in [0.05, 0.1) is 0 Å². The van der Waals surface area contributed by atoms with Crippen LogP contribution in [0, 0.1) is 0 Å². The molecule has 0 bridgehead atoms. The third-order valence-electron chi connectivity index (χ3n) is 2.11. The van der Waals surface area contributed by atoms with E-state index in [1.165, 1.54) is 24.4 Å². The van der Waals surface area contributed by atoms with Crippen LogP contribution in [-0.4, -0.2) is 39.8 Å². The van der Waals surface area contributed by atoms with Crippen LogP contribution in [0.4, 0.5) is 13.2 Å². The Hall–Kier alpha value is -2.03. The van der Waals surface area contributed by atoms with E-state index in [2.05, 4.69) is 10.3 Å². The monoisotopic (exact) mass is 320 g/mol. The SMILES string of the molecule is O=C(O)/C=C/c1cccnc1C(=O)NCCSC(F)(F)F. The molecule has 0 aliphatic carbocycles. The number of carboxylic acid groups (broad SMARTS) is 1. The van der Waals surface area contributed by atoms with Gasteiger partial charge in [-0.1, -0.05) is 6.07 Å². The van der Waals surface area contributed by atoms with Gasteiger partial charge in [-0.3, -0.25) is 9.78 Å². The molecule has 0 aliphatic rings. The minimum Gasteiger partial charge on any atom is -0.478 e. The van der Waals surface area contributed by atoms with Crippen LogP contribution in [-0.2, 0) is 4.79 Å². The Morgan fingerprint density at radius 2 is 2.14 bits per heavy atom. The Kier molecular flexibility index (Phi) is 6.22. The first-order valence-electron chi connectivity index (χ1n) is 5.64. The van der Waals surface area contributed by atoms with E-state index in [0.717, 1.165) is 6.08 Å². The fraction of sp³-hybridized carbons (Fsp3) is 0.250. The third-order valence-corrected chi connectivity index (χ3v) is 2.85. The molecule has 0 saturated carbocycles. The van der Waals surface area contributed by atoms with Crippen molar-refractivity contribution >= 4 is 29.7 Å². The molecule has 1 aromatic heterocycles. The van der Waals surface area contributed by atoms with Gasteiger partial charge in [-0.15, -0.1) is 0 Å². The number of amides is 1. The molecule has 1 heterocycles. The third kappa shape index (κ3) is 6.80. The van der Waals surface area contributed by atoms with E-state index in [-0.39, 0.29) is 35.3 Å². The standard InChI is InChI=1S/C12H11F3N2O3S/c13-12(14,15)21-7-6-17-11(20)10-8(2-1-5-16-10)3-4-9(18)19/h1-5H,6-7H2,(H,17,20)(H,18,19)/b4-3+. The molecule has 2 N–H and O–H groups in total.